The summed E-state index contributed by atoms with van der Waals surface area (Å²) in [5, 5.41) is 0.841. The van der Waals surface area contributed by atoms with Gasteiger partial charge in [-0.15, -0.1) is 0 Å². The molecule has 0 aliphatic rings. The van der Waals surface area contributed by atoms with E-state index >= 15 is 0 Å². The van der Waals surface area contributed by atoms with E-state index in [2.05, 4.69) is 9.97 Å². The first-order valence-electron chi connectivity index (χ1n) is 7.16. The van der Waals surface area contributed by atoms with Gasteiger partial charge >= 0.3 is 0 Å². The van der Waals surface area contributed by atoms with Crippen molar-refractivity contribution >= 4 is 16.7 Å². The van der Waals surface area contributed by atoms with Gasteiger partial charge in [0, 0.05) is 30.3 Å². The molecule has 0 aliphatic carbocycles. The van der Waals surface area contributed by atoms with E-state index in [1.54, 1.807) is 50.9 Å². The molecule has 23 heavy (non-hydrogen) atoms. The lowest BCUT2D eigenvalue weighted by atomic mass is 10.0. The molecule has 0 atom stereocenters. The van der Waals surface area contributed by atoms with Gasteiger partial charge in [-0.1, -0.05) is 6.07 Å². The van der Waals surface area contributed by atoms with Crippen LogP contribution in [0.1, 0.15) is 16.1 Å². The summed E-state index contributed by atoms with van der Waals surface area (Å²) in [6, 6.07) is 10.8. The van der Waals surface area contributed by atoms with Gasteiger partial charge in [0.25, 0.3) is 0 Å². The number of ketones is 1. The van der Waals surface area contributed by atoms with Crippen LogP contribution in [0.4, 0.5) is 0 Å². The van der Waals surface area contributed by atoms with Crippen LogP contribution in [-0.4, -0.2) is 30.0 Å². The standard InChI is InChI=1S/C18H16N2O3/c1-22-13-10-14-12(6-8-20-18(14)17(11-13)23-2)9-16(21)15-5-3-4-7-19-15/h3-8,10-11H,9H2,1-2H3. The van der Waals surface area contributed by atoms with Crippen molar-refractivity contribution in [2.24, 2.45) is 0 Å². The average Bonchev–Trinajstić information content (AvgIpc) is 2.61. The molecule has 0 spiro atoms. The zero-order valence-electron chi connectivity index (χ0n) is 12.9. The molecule has 0 radical (unpaired) electrons. The molecule has 2 aromatic heterocycles. The maximum atomic E-state index is 12.4. The van der Waals surface area contributed by atoms with Gasteiger partial charge in [-0.05, 0) is 29.8 Å². The summed E-state index contributed by atoms with van der Waals surface area (Å²) in [6.07, 6.45) is 3.54. The molecule has 116 valence electrons. The predicted octanol–water partition coefficient (Wildman–Crippen LogP) is 3.07. The summed E-state index contributed by atoms with van der Waals surface area (Å²) in [7, 11) is 3.18. The van der Waals surface area contributed by atoms with E-state index in [-0.39, 0.29) is 12.2 Å². The molecule has 0 N–H and O–H groups in total. The predicted molar refractivity (Wildman–Crippen MR) is 87.1 cm³/mol. The Kier molecular flexibility index (Phi) is 4.19. The SMILES string of the molecule is COc1cc(OC)c2nccc(CC(=O)c3ccccn3)c2c1. The van der Waals surface area contributed by atoms with Crippen LogP contribution in [0.15, 0.2) is 48.8 Å². The smallest absolute Gasteiger partial charge is 0.185 e. The van der Waals surface area contributed by atoms with Crippen LogP contribution in [0.3, 0.4) is 0 Å². The van der Waals surface area contributed by atoms with Crippen molar-refractivity contribution in [3.63, 3.8) is 0 Å². The molecule has 5 heteroatoms. The van der Waals surface area contributed by atoms with E-state index in [1.165, 1.54) is 0 Å². The fraction of sp³-hybridized carbons (Fsp3) is 0.167. The minimum absolute atomic E-state index is 0.0418. The monoisotopic (exact) mass is 308 g/mol. The molecule has 1 aromatic carbocycles. The quantitative estimate of drug-likeness (QED) is 0.678. The number of pyridine rings is 2. The Morgan fingerprint density at radius 3 is 2.61 bits per heavy atom. The van der Waals surface area contributed by atoms with Crippen LogP contribution in [0.25, 0.3) is 10.9 Å². The number of benzene rings is 1. The van der Waals surface area contributed by atoms with Crippen molar-refractivity contribution in [2.75, 3.05) is 14.2 Å². The van der Waals surface area contributed by atoms with Crippen molar-refractivity contribution in [1.29, 1.82) is 0 Å². The highest BCUT2D eigenvalue weighted by atomic mass is 16.5. The van der Waals surface area contributed by atoms with Gasteiger partial charge in [-0.25, -0.2) is 0 Å². The first kappa shape index (κ1) is 15.0. The molecule has 2 heterocycles. The van der Waals surface area contributed by atoms with Crippen molar-refractivity contribution in [2.45, 2.75) is 6.42 Å². The summed E-state index contributed by atoms with van der Waals surface area (Å²) < 4.78 is 10.7. The number of fused-ring (bicyclic) bond motifs is 1. The maximum absolute atomic E-state index is 12.4. The van der Waals surface area contributed by atoms with Gasteiger partial charge in [-0.2, -0.15) is 0 Å². The van der Waals surface area contributed by atoms with Gasteiger partial charge in [-0.3, -0.25) is 14.8 Å². The van der Waals surface area contributed by atoms with Crippen LogP contribution in [0.2, 0.25) is 0 Å². The number of hydrogen-bond donors (Lipinski definition) is 0. The third kappa shape index (κ3) is 2.99. The lowest BCUT2D eigenvalue weighted by molar-refractivity contribution is 0.0988. The van der Waals surface area contributed by atoms with E-state index in [0.29, 0.717) is 22.7 Å². The summed E-state index contributed by atoms with van der Waals surface area (Å²) in [5.41, 5.74) is 2.02. The minimum atomic E-state index is -0.0418. The molecular weight excluding hydrogens is 292 g/mol. The Morgan fingerprint density at radius 2 is 1.91 bits per heavy atom. The fourth-order valence-electron chi connectivity index (χ4n) is 2.47. The highest BCUT2D eigenvalue weighted by Crippen LogP contribution is 2.31. The number of Topliss-reactive ketones (excluding diaryl/α,β-unsaturated/α-hetero) is 1. The van der Waals surface area contributed by atoms with Crippen LogP contribution >= 0.6 is 0 Å². The molecule has 0 saturated carbocycles. The number of ether oxygens (including phenoxy) is 2. The van der Waals surface area contributed by atoms with Gasteiger partial charge < -0.3 is 9.47 Å². The summed E-state index contributed by atoms with van der Waals surface area (Å²) in [4.78, 5) is 20.9. The van der Waals surface area contributed by atoms with Crippen LogP contribution in [0, 0.1) is 0 Å². The first-order valence-corrected chi connectivity index (χ1v) is 7.16. The first-order chi connectivity index (χ1) is 11.2. The number of methoxy groups -OCH3 is 2. The molecule has 5 nitrogen and oxygen atoms in total. The second-order valence-corrected chi connectivity index (χ2v) is 5.01. The van der Waals surface area contributed by atoms with Crippen molar-refractivity contribution in [3.8, 4) is 11.5 Å². The van der Waals surface area contributed by atoms with Crippen LogP contribution < -0.4 is 9.47 Å². The van der Waals surface area contributed by atoms with Crippen molar-refractivity contribution < 1.29 is 14.3 Å². The van der Waals surface area contributed by atoms with Gasteiger partial charge in [0.2, 0.25) is 0 Å². The lowest BCUT2D eigenvalue weighted by Crippen LogP contribution is -2.06. The van der Waals surface area contributed by atoms with Crippen LogP contribution in [-0.2, 0) is 6.42 Å². The van der Waals surface area contributed by atoms with Gasteiger partial charge in [0.1, 0.15) is 22.7 Å². The van der Waals surface area contributed by atoms with Crippen molar-refractivity contribution in [3.05, 3.63) is 60.0 Å². The molecule has 3 aromatic rings. The molecule has 3 rings (SSSR count). The normalized spacial score (nSPS) is 10.5. The van der Waals surface area contributed by atoms with E-state index in [0.717, 1.165) is 10.9 Å². The molecule has 0 fully saturated rings. The van der Waals surface area contributed by atoms with Crippen molar-refractivity contribution in [1.82, 2.24) is 9.97 Å². The Balaban J connectivity index is 2.05. The Labute approximate surface area is 133 Å². The zero-order chi connectivity index (χ0) is 16.2. The van der Waals surface area contributed by atoms with E-state index < -0.39 is 0 Å². The minimum Gasteiger partial charge on any atom is -0.497 e. The second kappa shape index (κ2) is 6.44. The number of nitrogens with zero attached hydrogens (tertiary/aromatic N) is 2. The lowest BCUT2D eigenvalue weighted by Gasteiger charge is -2.11. The topological polar surface area (TPSA) is 61.3 Å². The third-order valence-electron chi connectivity index (χ3n) is 3.63. The number of carbonyl (C=O) groups is 1. The fourth-order valence-corrected chi connectivity index (χ4v) is 2.47. The van der Waals surface area contributed by atoms with Gasteiger partial charge in [0.15, 0.2) is 5.78 Å². The summed E-state index contributed by atoms with van der Waals surface area (Å²) in [6.45, 7) is 0. The van der Waals surface area contributed by atoms with E-state index in [4.69, 9.17) is 9.47 Å². The largest absolute Gasteiger partial charge is 0.497 e. The summed E-state index contributed by atoms with van der Waals surface area (Å²) in [5.74, 6) is 1.24. The van der Waals surface area contributed by atoms with Gasteiger partial charge in [0.05, 0.1) is 14.2 Å². The zero-order valence-corrected chi connectivity index (χ0v) is 12.9. The maximum Gasteiger partial charge on any atom is 0.185 e. The Bertz CT molecular complexity index is 848. The number of carbonyl (C=O) groups excluding carboxylic acids is 1. The number of aromatic nitrogens is 2. The highest BCUT2D eigenvalue weighted by Gasteiger charge is 2.14. The molecule has 0 aliphatic heterocycles. The van der Waals surface area contributed by atoms with E-state index in [9.17, 15) is 4.79 Å². The molecule has 0 bridgehead atoms. The second-order valence-electron chi connectivity index (χ2n) is 5.01. The molecular formula is C18H16N2O3. The average molecular weight is 308 g/mol. The molecule has 0 unspecified atom stereocenters. The number of rotatable bonds is 5. The Hall–Kier alpha value is -2.95. The Morgan fingerprint density at radius 1 is 1.04 bits per heavy atom. The third-order valence-corrected chi connectivity index (χ3v) is 3.63. The molecule has 0 amide bonds. The van der Waals surface area contributed by atoms with E-state index in [1.807, 2.05) is 12.1 Å². The van der Waals surface area contributed by atoms with Crippen LogP contribution in [0.5, 0.6) is 11.5 Å². The highest BCUT2D eigenvalue weighted by molar-refractivity contribution is 5.99. The summed E-state index contributed by atoms with van der Waals surface area (Å²) >= 11 is 0. The number of hydrogen-bond acceptors (Lipinski definition) is 5. The molecule has 0 saturated heterocycles.